The average Bonchev–Trinajstić information content (AvgIpc) is 3.31. The smallest absolute Gasteiger partial charge is 0.254 e. The lowest BCUT2D eigenvalue weighted by molar-refractivity contribution is -0.116. The second-order valence-corrected chi connectivity index (χ2v) is 8.12. The lowest BCUT2D eigenvalue weighted by Crippen LogP contribution is -2.38. The van der Waals surface area contributed by atoms with Gasteiger partial charge in [0.25, 0.3) is 5.91 Å². The molecule has 3 aromatic carbocycles. The van der Waals surface area contributed by atoms with Crippen molar-refractivity contribution in [2.24, 2.45) is 0 Å². The van der Waals surface area contributed by atoms with Crippen molar-refractivity contribution >= 4 is 17.8 Å². The van der Waals surface area contributed by atoms with Crippen LogP contribution in [0.4, 0.5) is 5.95 Å². The van der Waals surface area contributed by atoms with Crippen molar-refractivity contribution < 1.29 is 14.3 Å². The molecule has 0 atom stereocenters. The Morgan fingerprint density at radius 3 is 2.40 bits per heavy atom. The summed E-state index contributed by atoms with van der Waals surface area (Å²) in [5.41, 5.74) is 4.16. The van der Waals surface area contributed by atoms with Gasteiger partial charge in [-0.15, -0.1) is 0 Å². The molecule has 0 aliphatic rings. The predicted molar refractivity (Wildman–Crippen MR) is 137 cm³/mol. The van der Waals surface area contributed by atoms with Gasteiger partial charge in [0.1, 0.15) is 12.3 Å². The molecule has 0 saturated carbocycles. The number of likely N-dealkylation sites (N-methyl/N-ethyl adjacent to an activating group) is 1. The molecule has 4 rings (SSSR count). The van der Waals surface area contributed by atoms with Crippen molar-refractivity contribution in [2.75, 3.05) is 25.5 Å². The monoisotopic (exact) mass is 468 g/mol. The number of rotatable bonds is 8. The van der Waals surface area contributed by atoms with Gasteiger partial charge in [-0.25, -0.2) is 4.98 Å². The van der Waals surface area contributed by atoms with Gasteiger partial charge < -0.3 is 9.64 Å². The molecule has 2 amide bonds. The largest absolute Gasteiger partial charge is 0.497 e. The number of imidazole rings is 1. The number of amides is 2. The third kappa shape index (κ3) is 5.58. The highest BCUT2D eigenvalue weighted by atomic mass is 16.5. The van der Waals surface area contributed by atoms with E-state index in [0.29, 0.717) is 23.8 Å². The number of carbonyl (C=O) groups excluding carboxylic acids is 2. The molecule has 7 heteroatoms. The topological polar surface area (TPSA) is 76.5 Å². The fourth-order valence-electron chi connectivity index (χ4n) is 3.77. The Morgan fingerprint density at radius 2 is 1.74 bits per heavy atom. The molecule has 0 aliphatic heterocycles. The van der Waals surface area contributed by atoms with Crippen molar-refractivity contribution in [3.63, 3.8) is 0 Å². The maximum atomic E-state index is 13.0. The second-order valence-electron chi connectivity index (χ2n) is 8.12. The molecular formula is C28H28N4O3. The molecule has 0 unspecified atom stereocenters. The third-order valence-corrected chi connectivity index (χ3v) is 5.65. The molecule has 7 nitrogen and oxygen atoms in total. The van der Waals surface area contributed by atoms with Crippen LogP contribution in [0.3, 0.4) is 0 Å². The molecule has 0 radical (unpaired) electrons. The molecule has 0 spiro atoms. The van der Waals surface area contributed by atoms with Crippen molar-refractivity contribution in [1.82, 2.24) is 14.5 Å². The molecule has 0 fully saturated rings. The van der Waals surface area contributed by atoms with Gasteiger partial charge in [-0.05, 0) is 55.8 Å². The van der Waals surface area contributed by atoms with Crippen LogP contribution in [0.1, 0.15) is 22.8 Å². The van der Waals surface area contributed by atoms with Gasteiger partial charge in [0.15, 0.2) is 0 Å². The summed E-state index contributed by atoms with van der Waals surface area (Å²) in [5, 5.41) is 2.91. The average molecular weight is 469 g/mol. The zero-order valence-corrected chi connectivity index (χ0v) is 20.1. The number of hydrogen-bond donors (Lipinski definition) is 1. The minimum atomic E-state index is -0.326. The molecule has 0 saturated heterocycles. The van der Waals surface area contributed by atoms with E-state index in [0.717, 1.165) is 22.5 Å². The normalized spacial score (nSPS) is 10.6. The minimum Gasteiger partial charge on any atom is -0.497 e. The summed E-state index contributed by atoms with van der Waals surface area (Å²) in [6, 6.07) is 24.6. The standard InChI is InChI=1S/C28H28N4O3/c1-4-31(27(34)22-13-15-24(35-3)16-14-22)19-26(33)30-28-29-25(21-10-6-5-7-11-21)18-32(28)23-12-8-9-20(2)17-23/h5-18H,4,19H2,1-3H3,(H,29,30,33). The van der Waals surface area contributed by atoms with Gasteiger partial charge in [-0.3, -0.25) is 19.5 Å². The first-order valence-corrected chi connectivity index (χ1v) is 11.4. The molecule has 35 heavy (non-hydrogen) atoms. The van der Waals surface area contributed by atoms with Crippen LogP contribution < -0.4 is 10.1 Å². The van der Waals surface area contributed by atoms with E-state index < -0.39 is 0 Å². The number of aryl methyl sites for hydroxylation is 1. The lowest BCUT2D eigenvalue weighted by atomic mass is 10.2. The molecule has 1 heterocycles. The van der Waals surface area contributed by atoms with Gasteiger partial charge in [0, 0.05) is 29.6 Å². The Balaban J connectivity index is 1.57. The van der Waals surface area contributed by atoms with Gasteiger partial charge >= 0.3 is 0 Å². The Labute approximate surface area is 205 Å². The highest BCUT2D eigenvalue weighted by molar-refractivity contribution is 5.99. The summed E-state index contributed by atoms with van der Waals surface area (Å²) in [5.74, 6) is 0.511. The molecule has 4 aromatic rings. The van der Waals surface area contributed by atoms with Crippen LogP contribution in [0, 0.1) is 6.92 Å². The van der Waals surface area contributed by atoms with Crippen LogP contribution in [-0.2, 0) is 4.79 Å². The number of hydrogen-bond acceptors (Lipinski definition) is 4. The predicted octanol–water partition coefficient (Wildman–Crippen LogP) is 4.96. The number of benzene rings is 3. The van der Waals surface area contributed by atoms with Crippen molar-refractivity contribution in [3.05, 3.63) is 96.2 Å². The Bertz CT molecular complexity index is 1310. The summed E-state index contributed by atoms with van der Waals surface area (Å²) >= 11 is 0. The van der Waals surface area contributed by atoms with Gasteiger partial charge in [0.05, 0.1) is 12.8 Å². The van der Waals surface area contributed by atoms with Crippen LogP contribution in [0.25, 0.3) is 16.9 Å². The maximum absolute atomic E-state index is 13.0. The lowest BCUT2D eigenvalue weighted by Gasteiger charge is -2.20. The molecule has 0 bridgehead atoms. The van der Waals surface area contributed by atoms with E-state index in [4.69, 9.17) is 9.72 Å². The van der Waals surface area contributed by atoms with Crippen LogP contribution in [0.5, 0.6) is 5.75 Å². The number of aromatic nitrogens is 2. The number of ether oxygens (including phenoxy) is 1. The van der Waals surface area contributed by atoms with E-state index >= 15 is 0 Å². The van der Waals surface area contributed by atoms with E-state index in [1.54, 1.807) is 31.4 Å². The van der Waals surface area contributed by atoms with E-state index in [1.807, 2.05) is 79.2 Å². The van der Waals surface area contributed by atoms with E-state index in [2.05, 4.69) is 5.32 Å². The van der Waals surface area contributed by atoms with Gasteiger partial charge in [-0.1, -0.05) is 42.5 Å². The summed E-state index contributed by atoms with van der Waals surface area (Å²) < 4.78 is 7.01. The van der Waals surface area contributed by atoms with Gasteiger partial charge in [-0.2, -0.15) is 0 Å². The van der Waals surface area contributed by atoms with Crippen molar-refractivity contribution in [2.45, 2.75) is 13.8 Å². The quantitative estimate of drug-likeness (QED) is 0.397. The third-order valence-electron chi connectivity index (χ3n) is 5.65. The Hall–Kier alpha value is -4.39. The first-order valence-electron chi connectivity index (χ1n) is 11.4. The summed E-state index contributed by atoms with van der Waals surface area (Å²) in [7, 11) is 1.57. The fraction of sp³-hybridized carbons (Fsp3) is 0.179. The van der Waals surface area contributed by atoms with Crippen LogP contribution in [0.2, 0.25) is 0 Å². The molecule has 1 aromatic heterocycles. The Kier molecular flexibility index (Phi) is 7.26. The van der Waals surface area contributed by atoms with Crippen LogP contribution in [-0.4, -0.2) is 46.5 Å². The van der Waals surface area contributed by atoms with Crippen LogP contribution >= 0.6 is 0 Å². The van der Waals surface area contributed by atoms with Gasteiger partial charge in [0.2, 0.25) is 11.9 Å². The first kappa shape index (κ1) is 23.8. The van der Waals surface area contributed by atoms with E-state index in [-0.39, 0.29) is 18.4 Å². The van der Waals surface area contributed by atoms with E-state index in [1.165, 1.54) is 4.90 Å². The van der Waals surface area contributed by atoms with Crippen LogP contribution in [0.15, 0.2) is 85.1 Å². The number of anilines is 1. The number of nitrogens with one attached hydrogen (secondary N) is 1. The zero-order valence-electron chi connectivity index (χ0n) is 20.1. The van der Waals surface area contributed by atoms with E-state index in [9.17, 15) is 9.59 Å². The molecule has 0 aliphatic carbocycles. The highest BCUT2D eigenvalue weighted by Crippen LogP contribution is 2.25. The summed E-state index contributed by atoms with van der Waals surface area (Å²) in [6.45, 7) is 4.15. The summed E-state index contributed by atoms with van der Waals surface area (Å²) in [6.07, 6.45) is 1.90. The fourth-order valence-corrected chi connectivity index (χ4v) is 3.77. The molecule has 1 N–H and O–H groups in total. The zero-order chi connectivity index (χ0) is 24.8. The SMILES string of the molecule is CCN(CC(=O)Nc1nc(-c2ccccc2)cn1-c1cccc(C)c1)C(=O)c1ccc(OC)cc1. The maximum Gasteiger partial charge on any atom is 0.254 e. The minimum absolute atomic E-state index is 0.0945. The number of methoxy groups -OCH3 is 1. The Morgan fingerprint density at radius 1 is 1.00 bits per heavy atom. The summed E-state index contributed by atoms with van der Waals surface area (Å²) in [4.78, 5) is 32.2. The van der Waals surface area contributed by atoms with Crippen molar-refractivity contribution in [1.29, 1.82) is 0 Å². The van der Waals surface area contributed by atoms with Crippen molar-refractivity contribution in [3.8, 4) is 22.7 Å². The molecule has 178 valence electrons. The highest BCUT2D eigenvalue weighted by Gasteiger charge is 2.20. The number of carbonyl (C=O) groups is 2. The number of nitrogens with zero attached hydrogens (tertiary/aromatic N) is 3. The molecular weight excluding hydrogens is 440 g/mol. The first-order chi connectivity index (χ1) is 17.0. The second kappa shape index (κ2) is 10.7.